The maximum atomic E-state index is 12.9. The molecule has 2 atom stereocenters. The van der Waals surface area contributed by atoms with E-state index in [1.54, 1.807) is 0 Å². The van der Waals surface area contributed by atoms with Gasteiger partial charge in [-0.2, -0.15) is 0 Å². The molecule has 0 aromatic carbocycles. The van der Waals surface area contributed by atoms with Gasteiger partial charge in [0, 0.05) is 12.8 Å². The maximum Gasteiger partial charge on any atom is 0.306 e. The third-order valence-electron chi connectivity index (χ3n) is 18.7. The first-order chi connectivity index (χ1) is 50.0. The highest BCUT2D eigenvalue weighted by atomic mass is 31.2. The van der Waals surface area contributed by atoms with Crippen molar-refractivity contribution in [1.29, 1.82) is 0 Å². The van der Waals surface area contributed by atoms with Crippen molar-refractivity contribution in [1.82, 2.24) is 0 Å². The molecule has 2 unspecified atom stereocenters. The molecule has 0 aromatic rings. The van der Waals surface area contributed by atoms with Crippen LogP contribution in [0.4, 0.5) is 0 Å². The molecule has 0 aliphatic carbocycles. The predicted octanol–water partition coefficient (Wildman–Crippen LogP) is 28.4. The Balaban J connectivity index is 3.95. The molecule has 0 bridgehead atoms. The number of likely N-dealkylation sites (N-methyl/N-ethyl adjacent to an activating group) is 1. The molecule has 9 nitrogen and oxygen atoms in total. The summed E-state index contributed by atoms with van der Waals surface area (Å²) in [5.74, 6) is -0.831. The lowest BCUT2D eigenvalue weighted by atomic mass is 10.0. The van der Waals surface area contributed by atoms with E-state index in [1.807, 2.05) is 21.1 Å². The van der Waals surface area contributed by atoms with Crippen molar-refractivity contribution < 1.29 is 42.1 Å². The summed E-state index contributed by atoms with van der Waals surface area (Å²) in [6, 6.07) is 0. The number of esters is 2. The van der Waals surface area contributed by atoms with Gasteiger partial charge in [-0.25, -0.2) is 0 Å². The number of carbonyl (C=O) groups excluding carboxylic acids is 2. The molecule has 0 saturated heterocycles. The lowest BCUT2D eigenvalue weighted by Crippen LogP contribution is -2.37. The van der Waals surface area contributed by atoms with E-state index in [1.165, 1.54) is 244 Å². The lowest BCUT2D eigenvalue weighted by molar-refractivity contribution is -0.870. The number of carbonyl (C=O) groups is 2. The minimum absolute atomic E-state index is 0.0359. The normalized spacial score (nSPS) is 13.7. The number of phosphoric ester groups is 1. The summed E-state index contributed by atoms with van der Waals surface area (Å²) in [7, 11) is 1.16. The highest BCUT2D eigenvalue weighted by molar-refractivity contribution is 7.45. The van der Waals surface area contributed by atoms with Crippen molar-refractivity contribution in [3.63, 3.8) is 0 Å². The molecule has 0 N–H and O–H groups in total. The summed E-state index contributed by atoms with van der Waals surface area (Å²) >= 11 is 0. The van der Waals surface area contributed by atoms with E-state index in [-0.39, 0.29) is 32.0 Å². The number of hydrogen-bond donors (Lipinski definition) is 0. The van der Waals surface area contributed by atoms with Gasteiger partial charge < -0.3 is 27.9 Å². The molecular formula is C92H162NO8P. The fraction of sp³-hybridized carbons (Fsp3) is 0.739. The highest BCUT2D eigenvalue weighted by Crippen LogP contribution is 2.38. The zero-order valence-corrected chi connectivity index (χ0v) is 68.2. The molecule has 0 rings (SSSR count). The van der Waals surface area contributed by atoms with Crippen molar-refractivity contribution >= 4 is 19.8 Å². The minimum atomic E-state index is -4.66. The molecule has 0 aliphatic heterocycles. The quantitative estimate of drug-likeness (QED) is 0.0195. The van der Waals surface area contributed by atoms with Crippen LogP contribution in [-0.4, -0.2) is 70.0 Å². The fourth-order valence-corrected chi connectivity index (χ4v) is 12.9. The van der Waals surface area contributed by atoms with Gasteiger partial charge in [-0.3, -0.25) is 14.2 Å². The second-order valence-corrected chi connectivity index (χ2v) is 31.2. The third kappa shape index (κ3) is 85.1. The van der Waals surface area contributed by atoms with Gasteiger partial charge in [0.25, 0.3) is 7.82 Å². The topological polar surface area (TPSA) is 111 Å². The Morgan fingerprint density at radius 3 is 0.833 bits per heavy atom. The average molecular weight is 1440 g/mol. The fourth-order valence-electron chi connectivity index (χ4n) is 12.2. The van der Waals surface area contributed by atoms with E-state index in [9.17, 15) is 19.0 Å². The predicted molar refractivity (Wildman–Crippen MR) is 443 cm³/mol. The monoisotopic (exact) mass is 1440 g/mol. The Bertz CT molecular complexity index is 2190. The number of quaternary nitrogens is 1. The van der Waals surface area contributed by atoms with E-state index in [4.69, 9.17) is 18.5 Å². The summed E-state index contributed by atoms with van der Waals surface area (Å²) in [5, 5.41) is 0. The molecule has 0 aromatic heterocycles. The van der Waals surface area contributed by atoms with E-state index in [2.05, 4.69) is 148 Å². The zero-order chi connectivity index (χ0) is 74.0. The molecule has 0 saturated carbocycles. The summed E-state index contributed by atoms with van der Waals surface area (Å²) < 4.78 is 34.4. The molecule has 10 heteroatoms. The molecule has 102 heavy (non-hydrogen) atoms. The molecule has 0 heterocycles. The number of phosphoric acid groups is 1. The molecule has 0 aliphatic rings. The van der Waals surface area contributed by atoms with Crippen LogP contribution >= 0.6 is 7.82 Å². The van der Waals surface area contributed by atoms with Crippen LogP contribution in [0.25, 0.3) is 0 Å². The number of ether oxygens (including phenoxy) is 2. The largest absolute Gasteiger partial charge is 0.756 e. The van der Waals surface area contributed by atoms with Crippen LogP contribution in [0.5, 0.6) is 0 Å². The maximum absolute atomic E-state index is 12.9. The summed E-state index contributed by atoms with van der Waals surface area (Å²) in [6.45, 7) is 4.14. The van der Waals surface area contributed by atoms with Crippen molar-refractivity contribution in [2.24, 2.45) is 0 Å². The van der Waals surface area contributed by atoms with Gasteiger partial charge in [-0.1, -0.05) is 392 Å². The first-order valence-corrected chi connectivity index (χ1v) is 44.4. The van der Waals surface area contributed by atoms with Gasteiger partial charge in [0.15, 0.2) is 6.10 Å². The molecular weight excluding hydrogens is 1280 g/mol. The van der Waals surface area contributed by atoms with Crippen molar-refractivity contribution in [2.45, 2.75) is 392 Å². The lowest BCUT2D eigenvalue weighted by Gasteiger charge is -2.28. The number of unbranched alkanes of at least 4 members (excludes halogenated alkanes) is 43. The summed E-state index contributed by atoms with van der Waals surface area (Å²) in [5.41, 5.74) is 0. The van der Waals surface area contributed by atoms with Crippen LogP contribution in [0.15, 0.2) is 134 Å². The third-order valence-corrected chi connectivity index (χ3v) is 19.6. The minimum Gasteiger partial charge on any atom is -0.756 e. The van der Waals surface area contributed by atoms with Gasteiger partial charge in [-0.05, 0) is 116 Å². The Labute approximate surface area is 631 Å². The molecule has 0 fully saturated rings. The second-order valence-electron chi connectivity index (χ2n) is 29.8. The van der Waals surface area contributed by atoms with Gasteiger partial charge in [0.05, 0.1) is 27.7 Å². The Kier molecular flexibility index (Phi) is 78.2. The van der Waals surface area contributed by atoms with E-state index in [0.717, 1.165) is 109 Å². The van der Waals surface area contributed by atoms with Crippen molar-refractivity contribution in [3.05, 3.63) is 134 Å². The van der Waals surface area contributed by atoms with Gasteiger partial charge in [-0.15, -0.1) is 0 Å². The molecule has 0 spiro atoms. The average Bonchev–Trinajstić information content (AvgIpc) is 0.913. The smallest absolute Gasteiger partial charge is 0.306 e. The number of rotatable bonds is 79. The van der Waals surface area contributed by atoms with Crippen LogP contribution in [-0.2, 0) is 32.7 Å². The first kappa shape index (κ1) is 98.2. The van der Waals surface area contributed by atoms with Gasteiger partial charge >= 0.3 is 11.9 Å². The van der Waals surface area contributed by atoms with E-state index in [0.29, 0.717) is 17.4 Å². The van der Waals surface area contributed by atoms with E-state index >= 15 is 0 Å². The second kappa shape index (κ2) is 81.2. The standard InChI is InChI=1S/C92H162NO8P/c1-6-8-10-12-14-16-18-20-22-24-26-28-30-32-34-36-38-40-42-44-45-46-47-49-50-52-54-56-58-60-62-64-66-68-70-72-74-76-78-80-82-84-91(94)98-88-90(89-100-102(96,97)99-87-86-93(3,4)5)101-92(95)85-83-81-79-77-75-73-71-69-67-65-63-61-59-57-55-53-51-48-43-41-39-37-35-33-31-29-27-25-23-21-19-17-15-13-11-9-7-2/h9,11,15,17-18,20-21,23-24,26-27,29,33,35,39,41,48,51,55,57,61,63,90H,6-8,10,12-14,16,19,22,25,28,30-32,34,36-38,40,42-47,49-50,52-54,56,58-60,62,64-89H2,1-5H3/b11-9-,17-15-,20-18-,23-21-,26-24-,29-27-,35-33-,41-39-,51-48-,57-55-,63-61-. The zero-order valence-electron chi connectivity index (χ0n) is 67.3. The highest BCUT2D eigenvalue weighted by Gasteiger charge is 2.22. The van der Waals surface area contributed by atoms with Crippen LogP contribution in [0.3, 0.4) is 0 Å². The Morgan fingerprint density at radius 1 is 0.314 bits per heavy atom. The molecule has 0 radical (unpaired) electrons. The van der Waals surface area contributed by atoms with Crippen LogP contribution in [0.2, 0.25) is 0 Å². The van der Waals surface area contributed by atoms with Crippen molar-refractivity contribution in [2.75, 3.05) is 47.5 Å². The number of hydrogen-bond acceptors (Lipinski definition) is 8. The molecule has 588 valence electrons. The summed E-state index contributed by atoms with van der Waals surface area (Å²) in [4.78, 5) is 38.2. The van der Waals surface area contributed by atoms with Crippen LogP contribution in [0, 0.1) is 0 Å². The van der Waals surface area contributed by atoms with Crippen LogP contribution in [0.1, 0.15) is 386 Å². The number of nitrogens with zero attached hydrogens (tertiary/aromatic N) is 1. The Morgan fingerprint density at radius 2 is 0.559 bits per heavy atom. The van der Waals surface area contributed by atoms with Gasteiger partial charge in [0.2, 0.25) is 0 Å². The number of allylic oxidation sites excluding steroid dienone is 22. The summed E-state index contributed by atoms with van der Waals surface area (Å²) in [6.07, 6.45) is 119. The SMILES string of the molecule is CC/C=C\C/C=C\C/C=C\C/C=C\C/C=C\C/C=C\C/C=C\C/C=C\C/C=C\CCCCCCCCCCCC(=O)OC(COC(=O)CCCCCCCCCCCCCCCCCCCCCCCCCCCCCCC/C=C\C/C=C\CCCCCCC)COP(=O)([O-])OCC[N+](C)(C)C. The van der Waals surface area contributed by atoms with E-state index < -0.39 is 26.5 Å². The molecule has 0 amide bonds. The van der Waals surface area contributed by atoms with Crippen molar-refractivity contribution in [3.8, 4) is 0 Å². The first-order valence-electron chi connectivity index (χ1n) is 42.9. The van der Waals surface area contributed by atoms with Crippen LogP contribution < -0.4 is 4.89 Å². The Hall–Kier alpha value is -3.85. The van der Waals surface area contributed by atoms with Gasteiger partial charge in [0.1, 0.15) is 19.8 Å².